The zero-order chi connectivity index (χ0) is 10.8. The smallest absolute Gasteiger partial charge is 0.153 e. The summed E-state index contributed by atoms with van der Waals surface area (Å²) in [4.78, 5) is 10.8. The van der Waals surface area contributed by atoms with Crippen LogP contribution in [0.2, 0.25) is 0 Å². The van der Waals surface area contributed by atoms with E-state index in [0.29, 0.717) is 6.61 Å². The van der Waals surface area contributed by atoms with Crippen LogP contribution in [0, 0.1) is 0 Å². The van der Waals surface area contributed by atoms with Crippen molar-refractivity contribution in [2.45, 2.75) is 12.5 Å². The SMILES string of the molecule is COc1c(Br)ccc2c1CCOC2C=O. The van der Waals surface area contributed by atoms with Gasteiger partial charge in [0.1, 0.15) is 11.9 Å². The highest BCUT2D eigenvalue weighted by Gasteiger charge is 2.24. The van der Waals surface area contributed by atoms with Gasteiger partial charge in [-0.3, -0.25) is 0 Å². The zero-order valence-corrected chi connectivity index (χ0v) is 9.91. The molecule has 0 saturated carbocycles. The van der Waals surface area contributed by atoms with Gasteiger partial charge in [0.2, 0.25) is 0 Å². The second kappa shape index (κ2) is 4.33. The average molecular weight is 271 g/mol. The first-order valence-electron chi connectivity index (χ1n) is 4.70. The Morgan fingerprint density at radius 3 is 3.07 bits per heavy atom. The van der Waals surface area contributed by atoms with Crippen molar-refractivity contribution in [1.82, 2.24) is 0 Å². The maximum Gasteiger partial charge on any atom is 0.153 e. The summed E-state index contributed by atoms with van der Waals surface area (Å²) in [6.07, 6.45) is 1.16. The molecule has 15 heavy (non-hydrogen) atoms. The van der Waals surface area contributed by atoms with Crippen molar-refractivity contribution in [3.63, 3.8) is 0 Å². The Hall–Kier alpha value is -0.870. The van der Waals surface area contributed by atoms with Gasteiger partial charge in [0.15, 0.2) is 6.29 Å². The summed E-state index contributed by atoms with van der Waals surface area (Å²) in [6, 6.07) is 3.78. The second-order valence-electron chi connectivity index (χ2n) is 3.33. The van der Waals surface area contributed by atoms with Gasteiger partial charge in [-0.25, -0.2) is 0 Å². The van der Waals surface area contributed by atoms with Crippen molar-refractivity contribution >= 4 is 22.2 Å². The zero-order valence-electron chi connectivity index (χ0n) is 8.33. The van der Waals surface area contributed by atoms with Crippen molar-refractivity contribution in [2.24, 2.45) is 0 Å². The molecule has 0 amide bonds. The number of carbonyl (C=O) groups excluding carboxylic acids is 1. The van der Waals surface area contributed by atoms with Gasteiger partial charge in [0.25, 0.3) is 0 Å². The number of hydrogen-bond acceptors (Lipinski definition) is 3. The molecule has 0 aliphatic carbocycles. The van der Waals surface area contributed by atoms with Crippen LogP contribution in [0.5, 0.6) is 5.75 Å². The van der Waals surface area contributed by atoms with Gasteiger partial charge >= 0.3 is 0 Å². The van der Waals surface area contributed by atoms with Crippen LogP contribution in [0.3, 0.4) is 0 Å². The Bertz CT molecular complexity index is 390. The van der Waals surface area contributed by atoms with Crippen molar-refractivity contribution in [3.05, 3.63) is 27.7 Å². The summed E-state index contributed by atoms with van der Waals surface area (Å²) in [5.41, 5.74) is 1.98. The highest BCUT2D eigenvalue weighted by Crippen LogP contribution is 2.37. The molecule has 1 unspecified atom stereocenters. The molecule has 1 aliphatic heterocycles. The fourth-order valence-corrected chi connectivity index (χ4v) is 2.38. The number of methoxy groups -OCH3 is 1. The number of ether oxygens (including phenoxy) is 2. The van der Waals surface area contributed by atoms with E-state index in [4.69, 9.17) is 9.47 Å². The first-order valence-corrected chi connectivity index (χ1v) is 5.49. The van der Waals surface area contributed by atoms with Gasteiger partial charge in [-0.1, -0.05) is 6.07 Å². The number of carbonyl (C=O) groups is 1. The molecule has 0 saturated heterocycles. The van der Waals surface area contributed by atoms with E-state index >= 15 is 0 Å². The van der Waals surface area contributed by atoms with Gasteiger partial charge in [0, 0.05) is 5.56 Å². The van der Waals surface area contributed by atoms with Gasteiger partial charge in [-0.15, -0.1) is 0 Å². The molecule has 1 atom stereocenters. The van der Waals surface area contributed by atoms with Crippen molar-refractivity contribution in [3.8, 4) is 5.75 Å². The summed E-state index contributed by atoms with van der Waals surface area (Å²) < 4.78 is 11.6. The molecule has 80 valence electrons. The molecule has 0 spiro atoms. The molecule has 2 rings (SSSR count). The van der Waals surface area contributed by atoms with E-state index in [1.165, 1.54) is 0 Å². The van der Waals surface area contributed by atoms with Crippen LogP contribution in [0.25, 0.3) is 0 Å². The van der Waals surface area contributed by atoms with E-state index in [0.717, 1.165) is 34.1 Å². The molecule has 1 aromatic carbocycles. The summed E-state index contributed by atoms with van der Waals surface area (Å²) in [6.45, 7) is 0.559. The van der Waals surface area contributed by atoms with Gasteiger partial charge in [-0.05, 0) is 34.0 Å². The minimum absolute atomic E-state index is 0.448. The lowest BCUT2D eigenvalue weighted by Crippen LogP contribution is -2.18. The van der Waals surface area contributed by atoms with Crippen LogP contribution in [0.1, 0.15) is 17.2 Å². The molecule has 4 heteroatoms. The number of fused-ring (bicyclic) bond motifs is 1. The molecule has 1 aliphatic rings. The maximum atomic E-state index is 10.8. The van der Waals surface area contributed by atoms with E-state index in [1.54, 1.807) is 7.11 Å². The number of rotatable bonds is 2. The number of hydrogen-bond donors (Lipinski definition) is 0. The predicted molar refractivity (Wildman–Crippen MR) is 59.2 cm³/mol. The largest absolute Gasteiger partial charge is 0.495 e. The molecule has 0 N–H and O–H groups in total. The average Bonchev–Trinajstić information content (AvgIpc) is 2.28. The van der Waals surface area contributed by atoms with Crippen LogP contribution >= 0.6 is 15.9 Å². The molecule has 1 aromatic rings. The van der Waals surface area contributed by atoms with E-state index in [2.05, 4.69) is 15.9 Å². The Kier molecular flexibility index (Phi) is 3.07. The summed E-state index contributed by atoms with van der Waals surface area (Å²) in [5.74, 6) is 0.808. The van der Waals surface area contributed by atoms with E-state index in [-0.39, 0.29) is 0 Å². The Morgan fingerprint density at radius 2 is 2.40 bits per heavy atom. The molecule has 0 fully saturated rings. The third-order valence-electron chi connectivity index (χ3n) is 2.53. The Balaban J connectivity index is 2.55. The van der Waals surface area contributed by atoms with Gasteiger partial charge in [0.05, 0.1) is 18.2 Å². The van der Waals surface area contributed by atoms with E-state index < -0.39 is 6.10 Å². The standard InChI is InChI=1S/C11H11BrO3/c1-14-11-8-4-5-15-10(6-13)7(8)2-3-9(11)12/h2-3,6,10H,4-5H2,1H3. The Morgan fingerprint density at radius 1 is 1.60 bits per heavy atom. The molecule has 1 heterocycles. The lowest BCUT2D eigenvalue weighted by atomic mass is 9.97. The molecule has 0 radical (unpaired) electrons. The highest BCUT2D eigenvalue weighted by molar-refractivity contribution is 9.10. The third-order valence-corrected chi connectivity index (χ3v) is 3.16. The Labute approximate surface area is 96.5 Å². The monoisotopic (exact) mass is 270 g/mol. The number of halogens is 1. The van der Waals surface area contributed by atoms with E-state index in [1.807, 2.05) is 12.1 Å². The summed E-state index contributed by atoms with van der Waals surface area (Å²) >= 11 is 3.42. The normalized spacial score (nSPS) is 19.5. The lowest BCUT2D eigenvalue weighted by molar-refractivity contribution is -0.119. The van der Waals surface area contributed by atoms with Crippen LogP contribution in [-0.4, -0.2) is 20.0 Å². The molecular weight excluding hydrogens is 260 g/mol. The van der Waals surface area contributed by atoms with Gasteiger partial charge < -0.3 is 14.3 Å². The third kappa shape index (κ3) is 1.79. The summed E-state index contributed by atoms with van der Waals surface area (Å²) in [7, 11) is 1.63. The van der Waals surface area contributed by atoms with Crippen LogP contribution in [0.15, 0.2) is 16.6 Å². The lowest BCUT2D eigenvalue weighted by Gasteiger charge is -2.24. The molecule has 0 bridgehead atoms. The van der Waals surface area contributed by atoms with Gasteiger partial charge in [-0.2, -0.15) is 0 Å². The number of aldehydes is 1. The van der Waals surface area contributed by atoms with Crippen molar-refractivity contribution < 1.29 is 14.3 Å². The first-order chi connectivity index (χ1) is 7.27. The summed E-state index contributed by atoms with van der Waals surface area (Å²) in [5, 5.41) is 0. The molecular formula is C11H11BrO3. The van der Waals surface area contributed by atoms with Crippen LogP contribution < -0.4 is 4.74 Å². The predicted octanol–water partition coefficient (Wildman–Crippen LogP) is 2.27. The highest BCUT2D eigenvalue weighted by atomic mass is 79.9. The fourth-order valence-electron chi connectivity index (χ4n) is 1.85. The second-order valence-corrected chi connectivity index (χ2v) is 4.18. The van der Waals surface area contributed by atoms with Crippen LogP contribution in [0.4, 0.5) is 0 Å². The minimum atomic E-state index is -0.448. The van der Waals surface area contributed by atoms with Crippen molar-refractivity contribution in [1.29, 1.82) is 0 Å². The fraction of sp³-hybridized carbons (Fsp3) is 0.364. The maximum absolute atomic E-state index is 10.8. The quantitative estimate of drug-likeness (QED) is 0.774. The van der Waals surface area contributed by atoms with E-state index in [9.17, 15) is 4.79 Å². The number of benzene rings is 1. The first kappa shape index (κ1) is 10.6. The minimum Gasteiger partial charge on any atom is -0.495 e. The van der Waals surface area contributed by atoms with Crippen LogP contribution in [-0.2, 0) is 16.0 Å². The molecule has 0 aromatic heterocycles. The topological polar surface area (TPSA) is 35.5 Å². The molecule has 3 nitrogen and oxygen atoms in total. The van der Waals surface area contributed by atoms with Crippen molar-refractivity contribution in [2.75, 3.05) is 13.7 Å².